The highest BCUT2D eigenvalue weighted by molar-refractivity contribution is 5.17. The minimum atomic E-state index is -0.152. The maximum Gasteiger partial charge on any atom is 0.123 e. The van der Waals surface area contributed by atoms with E-state index in [1.807, 2.05) is 12.1 Å². The molecule has 0 saturated carbocycles. The predicted octanol–water partition coefficient (Wildman–Crippen LogP) is 3.50. The Morgan fingerprint density at radius 3 is 1.37 bits per heavy atom. The first-order chi connectivity index (χ1) is 14.5. The molecule has 2 aliphatic rings. The number of nitrogens with two attached hydrogens (primary N) is 2. The van der Waals surface area contributed by atoms with Gasteiger partial charge in [-0.15, -0.1) is 0 Å². The zero-order chi connectivity index (χ0) is 21.3. The van der Waals surface area contributed by atoms with E-state index >= 15 is 0 Å². The molecular weight excluding hydrogens is 382 g/mol. The van der Waals surface area contributed by atoms with E-state index in [-0.39, 0.29) is 11.6 Å². The third-order valence-electron chi connectivity index (χ3n) is 5.85. The van der Waals surface area contributed by atoms with Crippen molar-refractivity contribution in [3.8, 4) is 0 Å². The molecule has 2 saturated heterocycles. The fraction of sp³-hybridized carbons (Fsp3) is 0.500. The number of hydrogen-bond acceptors (Lipinski definition) is 4. The fourth-order valence-electron chi connectivity index (χ4n) is 4.01. The molecule has 0 aliphatic carbocycles. The lowest BCUT2D eigenvalue weighted by Crippen LogP contribution is -2.39. The van der Waals surface area contributed by atoms with Gasteiger partial charge in [0, 0.05) is 25.2 Å². The third kappa shape index (κ3) is 7.76. The van der Waals surface area contributed by atoms with Crippen molar-refractivity contribution in [3.05, 3.63) is 71.3 Å². The van der Waals surface area contributed by atoms with Crippen LogP contribution in [0.25, 0.3) is 0 Å². The van der Waals surface area contributed by atoms with E-state index in [9.17, 15) is 8.78 Å². The van der Waals surface area contributed by atoms with Gasteiger partial charge in [0.25, 0.3) is 0 Å². The number of piperidine rings is 2. The summed E-state index contributed by atoms with van der Waals surface area (Å²) in [6.45, 7) is 5.78. The van der Waals surface area contributed by atoms with Crippen molar-refractivity contribution in [2.75, 3.05) is 26.2 Å². The monoisotopic (exact) mass is 416 g/mol. The molecule has 2 heterocycles. The number of likely N-dealkylation sites (tertiary alicyclic amines) is 2. The third-order valence-corrected chi connectivity index (χ3v) is 5.85. The van der Waals surface area contributed by atoms with Crippen LogP contribution in [0, 0.1) is 11.6 Å². The molecule has 2 aliphatic heterocycles. The summed E-state index contributed by atoms with van der Waals surface area (Å²) in [5.74, 6) is -0.303. The van der Waals surface area contributed by atoms with Gasteiger partial charge in [-0.2, -0.15) is 0 Å². The lowest BCUT2D eigenvalue weighted by Gasteiger charge is -2.30. The summed E-state index contributed by atoms with van der Waals surface area (Å²) < 4.78 is 25.9. The zero-order valence-corrected chi connectivity index (χ0v) is 17.6. The van der Waals surface area contributed by atoms with Crippen LogP contribution in [-0.2, 0) is 13.1 Å². The Morgan fingerprint density at radius 1 is 0.667 bits per heavy atom. The van der Waals surface area contributed by atoms with Crippen molar-refractivity contribution in [2.45, 2.75) is 50.9 Å². The molecule has 2 aromatic carbocycles. The number of nitrogens with zero attached hydrogens (tertiary/aromatic N) is 2. The van der Waals surface area contributed by atoms with Crippen LogP contribution in [0.1, 0.15) is 36.8 Å². The van der Waals surface area contributed by atoms with Crippen LogP contribution >= 0.6 is 0 Å². The van der Waals surface area contributed by atoms with Crippen LogP contribution in [0.5, 0.6) is 0 Å². The highest BCUT2D eigenvalue weighted by Crippen LogP contribution is 2.14. The van der Waals surface area contributed by atoms with Crippen molar-refractivity contribution >= 4 is 0 Å². The number of halogens is 2. The maximum atomic E-state index is 12.9. The SMILES string of the molecule is NC1CCN(Cc2cccc(F)c2)CC1.NC1CCN(Cc2cccc(F)c2)CC1. The summed E-state index contributed by atoms with van der Waals surface area (Å²) in [6.07, 6.45) is 4.20. The summed E-state index contributed by atoms with van der Waals surface area (Å²) in [5, 5.41) is 0. The topological polar surface area (TPSA) is 58.5 Å². The molecule has 0 radical (unpaired) electrons. The van der Waals surface area contributed by atoms with E-state index in [0.29, 0.717) is 12.1 Å². The molecule has 2 aromatic rings. The quantitative estimate of drug-likeness (QED) is 0.801. The average Bonchev–Trinajstić information content (AvgIpc) is 2.72. The largest absolute Gasteiger partial charge is 0.328 e. The lowest BCUT2D eigenvalue weighted by molar-refractivity contribution is 0.205. The summed E-state index contributed by atoms with van der Waals surface area (Å²) in [5.41, 5.74) is 13.7. The van der Waals surface area contributed by atoms with Crippen molar-refractivity contribution < 1.29 is 8.78 Å². The summed E-state index contributed by atoms with van der Waals surface area (Å²) in [4.78, 5) is 4.66. The van der Waals surface area contributed by atoms with Crippen LogP contribution in [0.2, 0.25) is 0 Å². The van der Waals surface area contributed by atoms with E-state index in [2.05, 4.69) is 9.80 Å². The van der Waals surface area contributed by atoms with Gasteiger partial charge in [0.1, 0.15) is 11.6 Å². The normalized spacial score (nSPS) is 19.3. The van der Waals surface area contributed by atoms with Crippen LogP contribution in [0.4, 0.5) is 8.78 Å². The predicted molar refractivity (Wildman–Crippen MR) is 118 cm³/mol. The van der Waals surface area contributed by atoms with Gasteiger partial charge in [-0.3, -0.25) is 9.80 Å². The fourth-order valence-corrected chi connectivity index (χ4v) is 4.01. The highest BCUT2D eigenvalue weighted by Gasteiger charge is 2.16. The Bertz CT molecular complexity index is 704. The minimum absolute atomic E-state index is 0.152. The summed E-state index contributed by atoms with van der Waals surface area (Å²) in [7, 11) is 0. The average molecular weight is 417 g/mol. The van der Waals surface area contributed by atoms with Gasteiger partial charge >= 0.3 is 0 Å². The van der Waals surface area contributed by atoms with Crippen LogP contribution in [-0.4, -0.2) is 48.1 Å². The Balaban J connectivity index is 0.000000171. The molecule has 2 fully saturated rings. The maximum absolute atomic E-state index is 12.9. The zero-order valence-electron chi connectivity index (χ0n) is 17.6. The Labute approximate surface area is 178 Å². The number of hydrogen-bond donors (Lipinski definition) is 2. The van der Waals surface area contributed by atoms with Gasteiger partial charge in [-0.05, 0) is 87.3 Å². The van der Waals surface area contributed by atoms with Gasteiger partial charge in [0.2, 0.25) is 0 Å². The van der Waals surface area contributed by atoms with E-state index in [1.54, 1.807) is 24.3 Å². The van der Waals surface area contributed by atoms with E-state index in [1.165, 1.54) is 12.1 Å². The second kappa shape index (κ2) is 11.5. The van der Waals surface area contributed by atoms with Gasteiger partial charge in [0.15, 0.2) is 0 Å². The second-order valence-electron chi connectivity index (χ2n) is 8.49. The molecule has 0 amide bonds. The van der Waals surface area contributed by atoms with Crippen LogP contribution in [0.3, 0.4) is 0 Å². The van der Waals surface area contributed by atoms with E-state index in [4.69, 9.17) is 11.5 Å². The van der Waals surface area contributed by atoms with Crippen LogP contribution < -0.4 is 11.5 Å². The van der Waals surface area contributed by atoms with Gasteiger partial charge in [-0.25, -0.2) is 8.78 Å². The van der Waals surface area contributed by atoms with Crippen molar-refractivity contribution in [2.24, 2.45) is 11.5 Å². The van der Waals surface area contributed by atoms with Crippen molar-refractivity contribution in [1.29, 1.82) is 0 Å². The smallest absolute Gasteiger partial charge is 0.123 e. The van der Waals surface area contributed by atoms with Gasteiger partial charge < -0.3 is 11.5 Å². The molecular formula is C24H34F2N4. The summed E-state index contributed by atoms with van der Waals surface area (Å²) in [6, 6.07) is 14.4. The molecule has 0 spiro atoms. The molecule has 0 atom stereocenters. The minimum Gasteiger partial charge on any atom is -0.328 e. The van der Waals surface area contributed by atoms with Crippen LogP contribution in [0.15, 0.2) is 48.5 Å². The molecule has 0 bridgehead atoms. The van der Waals surface area contributed by atoms with E-state index in [0.717, 1.165) is 76.1 Å². The first-order valence-electron chi connectivity index (χ1n) is 10.9. The molecule has 4 N–H and O–H groups in total. The molecule has 4 nitrogen and oxygen atoms in total. The van der Waals surface area contributed by atoms with Crippen molar-refractivity contribution in [1.82, 2.24) is 9.80 Å². The first kappa shape index (κ1) is 22.8. The molecule has 164 valence electrons. The van der Waals surface area contributed by atoms with Gasteiger partial charge in [0.05, 0.1) is 0 Å². The Morgan fingerprint density at radius 2 is 1.03 bits per heavy atom. The van der Waals surface area contributed by atoms with Crippen molar-refractivity contribution in [3.63, 3.8) is 0 Å². The molecule has 0 aromatic heterocycles. The van der Waals surface area contributed by atoms with E-state index < -0.39 is 0 Å². The highest BCUT2D eigenvalue weighted by atomic mass is 19.1. The molecule has 4 rings (SSSR count). The first-order valence-corrected chi connectivity index (χ1v) is 10.9. The van der Waals surface area contributed by atoms with Gasteiger partial charge in [-0.1, -0.05) is 24.3 Å². The molecule has 30 heavy (non-hydrogen) atoms. The number of benzene rings is 2. The number of rotatable bonds is 4. The Kier molecular flexibility index (Phi) is 8.75. The second-order valence-corrected chi connectivity index (χ2v) is 8.49. The lowest BCUT2D eigenvalue weighted by atomic mass is 10.1. The molecule has 0 unspecified atom stereocenters. The summed E-state index contributed by atoms with van der Waals surface area (Å²) >= 11 is 0. The Hall–Kier alpha value is -1.86. The molecule has 6 heteroatoms. The standard InChI is InChI=1S/2C12H17FN2/c2*13-11-3-1-2-10(8-11)9-15-6-4-12(14)5-7-15/h2*1-3,8,12H,4-7,9,14H2.